The number of hydrogen-bond donors (Lipinski definition) is 1. The van der Waals surface area contributed by atoms with Gasteiger partial charge in [0.05, 0.1) is 26.7 Å². The van der Waals surface area contributed by atoms with Crippen LogP contribution in [0.4, 0.5) is 0 Å². The number of rotatable bonds is 8. The van der Waals surface area contributed by atoms with Gasteiger partial charge in [-0.05, 0) is 37.3 Å². The third-order valence-corrected chi connectivity index (χ3v) is 5.23. The van der Waals surface area contributed by atoms with Crippen LogP contribution in [0.15, 0.2) is 29.8 Å². The van der Waals surface area contributed by atoms with Gasteiger partial charge in [0.15, 0.2) is 0 Å². The maximum atomic E-state index is 13.2. The topological polar surface area (TPSA) is 59.0 Å². The fourth-order valence-electron chi connectivity index (χ4n) is 3.59. The number of carbonyl (C=O) groups is 1. The lowest BCUT2D eigenvalue weighted by Gasteiger charge is -2.24. The van der Waals surface area contributed by atoms with Crippen LogP contribution in [-0.2, 0) is 11.3 Å². The number of benzene rings is 1. The minimum atomic E-state index is -0.0648. The summed E-state index contributed by atoms with van der Waals surface area (Å²) in [6, 6.07) is 5.57. The Morgan fingerprint density at radius 2 is 1.96 bits per heavy atom. The Balaban J connectivity index is 2.22. The second kappa shape index (κ2) is 8.12. The van der Waals surface area contributed by atoms with Gasteiger partial charge in [0, 0.05) is 24.7 Å². The van der Waals surface area contributed by atoms with E-state index < -0.39 is 0 Å². The number of allylic oxidation sites excluding steroid dienone is 2. The van der Waals surface area contributed by atoms with Crippen molar-refractivity contribution in [2.45, 2.75) is 34.2 Å². The molecule has 0 radical (unpaired) electrons. The van der Waals surface area contributed by atoms with E-state index in [0.717, 1.165) is 5.56 Å². The van der Waals surface area contributed by atoms with Crippen molar-refractivity contribution in [3.05, 3.63) is 35.4 Å². The fourth-order valence-corrected chi connectivity index (χ4v) is 3.59. The van der Waals surface area contributed by atoms with E-state index in [9.17, 15) is 9.90 Å². The molecule has 26 heavy (non-hydrogen) atoms. The van der Waals surface area contributed by atoms with Crippen LogP contribution in [0.5, 0.6) is 11.5 Å². The van der Waals surface area contributed by atoms with Gasteiger partial charge in [-0.3, -0.25) is 4.79 Å². The first-order chi connectivity index (χ1) is 12.3. The standard InChI is InChI=1S/C21H31NO4/c1-14(2)11-17-19(21(17,3)4)20(24)22(9-10-23)13-15-7-8-16(25-5)12-18(15)26-6/h7-8,11-12,17,19,23H,9-10,13H2,1-6H3. The zero-order valence-electron chi connectivity index (χ0n) is 16.7. The van der Waals surface area contributed by atoms with Crippen LogP contribution in [-0.4, -0.2) is 43.3 Å². The molecule has 0 aliphatic heterocycles. The molecule has 1 aliphatic rings. The maximum absolute atomic E-state index is 13.2. The molecule has 1 saturated carbocycles. The number of nitrogens with zero attached hydrogens (tertiary/aromatic N) is 1. The van der Waals surface area contributed by atoms with E-state index in [2.05, 4.69) is 33.8 Å². The highest BCUT2D eigenvalue weighted by Crippen LogP contribution is 2.60. The summed E-state index contributed by atoms with van der Waals surface area (Å²) in [5.74, 6) is 1.67. The smallest absolute Gasteiger partial charge is 0.227 e. The second-order valence-electron chi connectivity index (χ2n) is 7.73. The highest BCUT2D eigenvalue weighted by molar-refractivity contribution is 5.84. The van der Waals surface area contributed by atoms with Crippen molar-refractivity contribution in [1.82, 2.24) is 4.90 Å². The lowest BCUT2D eigenvalue weighted by atomic mass is 10.1. The van der Waals surface area contributed by atoms with Gasteiger partial charge in [-0.2, -0.15) is 0 Å². The number of hydrogen-bond acceptors (Lipinski definition) is 4. The van der Waals surface area contributed by atoms with E-state index in [1.54, 1.807) is 19.1 Å². The molecule has 144 valence electrons. The predicted molar refractivity (Wildman–Crippen MR) is 102 cm³/mol. The average Bonchev–Trinajstić information content (AvgIpc) is 3.13. The van der Waals surface area contributed by atoms with Crippen molar-refractivity contribution in [2.24, 2.45) is 17.3 Å². The third-order valence-electron chi connectivity index (χ3n) is 5.23. The van der Waals surface area contributed by atoms with Crippen molar-refractivity contribution in [3.63, 3.8) is 0 Å². The average molecular weight is 361 g/mol. The Morgan fingerprint density at radius 1 is 1.27 bits per heavy atom. The molecular weight excluding hydrogens is 330 g/mol. The molecule has 0 spiro atoms. The molecule has 1 fully saturated rings. The highest BCUT2D eigenvalue weighted by Gasteiger charge is 2.61. The highest BCUT2D eigenvalue weighted by atomic mass is 16.5. The molecular formula is C21H31NO4. The maximum Gasteiger partial charge on any atom is 0.227 e. The molecule has 1 N–H and O–H groups in total. The van der Waals surface area contributed by atoms with Crippen LogP contribution in [0.3, 0.4) is 0 Å². The molecule has 1 aliphatic carbocycles. The molecule has 1 aromatic rings. The van der Waals surface area contributed by atoms with Gasteiger partial charge < -0.3 is 19.5 Å². The molecule has 0 bridgehead atoms. The van der Waals surface area contributed by atoms with Gasteiger partial charge >= 0.3 is 0 Å². The largest absolute Gasteiger partial charge is 0.497 e. The molecule has 1 amide bonds. The van der Waals surface area contributed by atoms with E-state index in [1.165, 1.54) is 5.57 Å². The van der Waals surface area contributed by atoms with Gasteiger partial charge in [-0.15, -0.1) is 0 Å². The summed E-state index contributed by atoms with van der Waals surface area (Å²) >= 11 is 0. The van der Waals surface area contributed by atoms with Crippen molar-refractivity contribution >= 4 is 5.91 Å². The third kappa shape index (κ3) is 4.21. The Hall–Kier alpha value is -2.01. The zero-order chi connectivity index (χ0) is 19.5. The van der Waals surface area contributed by atoms with Crippen LogP contribution < -0.4 is 9.47 Å². The number of aliphatic hydroxyl groups excluding tert-OH is 1. The minimum Gasteiger partial charge on any atom is -0.497 e. The Kier molecular flexibility index (Phi) is 6.34. The Bertz CT molecular complexity index is 677. The van der Waals surface area contributed by atoms with Crippen molar-refractivity contribution < 1.29 is 19.4 Å². The number of aliphatic hydroxyl groups is 1. The quantitative estimate of drug-likeness (QED) is 0.722. The SMILES string of the molecule is COc1ccc(CN(CCO)C(=O)C2C(C=C(C)C)C2(C)C)c(OC)c1. The van der Waals surface area contributed by atoms with E-state index in [1.807, 2.05) is 18.2 Å². The summed E-state index contributed by atoms with van der Waals surface area (Å²) in [4.78, 5) is 14.9. The Morgan fingerprint density at radius 3 is 2.50 bits per heavy atom. The van der Waals surface area contributed by atoms with Crippen LogP contribution in [0, 0.1) is 17.3 Å². The molecule has 5 nitrogen and oxygen atoms in total. The van der Waals surface area contributed by atoms with Gasteiger partial charge in [0.1, 0.15) is 11.5 Å². The fraction of sp³-hybridized carbons (Fsp3) is 0.571. The van der Waals surface area contributed by atoms with Gasteiger partial charge in [-0.25, -0.2) is 0 Å². The van der Waals surface area contributed by atoms with E-state index >= 15 is 0 Å². The molecule has 2 rings (SSSR count). The summed E-state index contributed by atoms with van der Waals surface area (Å²) in [5, 5.41) is 9.46. The molecule has 2 unspecified atom stereocenters. The predicted octanol–water partition coefficient (Wildman–Crippen LogP) is 3.26. The van der Waals surface area contributed by atoms with Gasteiger partial charge in [-0.1, -0.05) is 25.5 Å². The minimum absolute atomic E-state index is 0.0480. The first-order valence-corrected chi connectivity index (χ1v) is 9.01. The first kappa shape index (κ1) is 20.3. The molecule has 1 aromatic carbocycles. The van der Waals surface area contributed by atoms with E-state index in [4.69, 9.17) is 9.47 Å². The van der Waals surface area contributed by atoms with Gasteiger partial charge in [0.2, 0.25) is 5.91 Å². The lowest BCUT2D eigenvalue weighted by molar-refractivity contribution is -0.134. The van der Waals surface area contributed by atoms with Crippen LogP contribution in [0.1, 0.15) is 33.3 Å². The Labute approximate surface area is 156 Å². The molecule has 5 heteroatoms. The first-order valence-electron chi connectivity index (χ1n) is 9.01. The van der Waals surface area contributed by atoms with Crippen LogP contribution in [0.25, 0.3) is 0 Å². The summed E-state index contributed by atoms with van der Waals surface area (Å²) in [5.41, 5.74) is 2.07. The molecule has 2 atom stereocenters. The summed E-state index contributed by atoms with van der Waals surface area (Å²) < 4.78 is 10.7. The number of amides is 1. The molecule has 0 saturated heterocycles. The number of carbonyl (C=O) groups excluding carboxylic acids is 1. The number of methoxy groups -OCH3 is 2. The van der Waals surface area contributed by atoms with Crippen molar-refractivity contribution in [3.8, 4) is 11.5 Å². The monoisotopic (exact) mass is 361 g/mol. The van der Waals surface area contributed by atoms with Gasteiger partial charge in [0.25, 0.3) is 0 Å². The molecule has 0 aromatic heterocycles. The second-order valence-corrected chi connectivity index (χ2v) is 7.73. The normalized spacial score (nSPS) is 20.3. The summed E-state index contributed by atoms with van der Waals surface area (Å²) in [6.45, 7) is 9.02. The van der Waals surface area contributed by atoms with Crippen molar-refractivity contribution in [1.29, 1.82) is 0 Å². The number of ether oxygens (including phenoxy) is 2. The summed E-state index contributed by atoms with van der Waals surface area (Å²) in [6.07, 6.45) is 2.19. The van der Waals surface area contributed by atoms with Crippen molar-refractivity contribution in [2.75, 3.05) is 27.4 Å². The lowest BCUT2D eigenvalue weighted by Crippen LogP contribution is -2.35. The van der Waals surface area contributed by atoms with E-state index in [0.29, 0.717) is 24.6 Å². The van der Waals surface area contributed by atoms with E-state index in [-0.39, 0.29) is 29.8 Å². The molecule has 0 heterocycles. The van der Waals surface area contributed by atoms with Crippen LogP contribution >= 0.6 is 0 Å². The summed E-state index contributed by atoms with van der Waals surface area (Å²) in [7, 11) is 3.21. The van der Waals surface area contributed by atoms with Crippen LogP contribution in [0.2, 0.25) is 0 Å². The zero-order valence-corrected chi connectivity index (χ0v) is 16.7.